The van der Waals surface area contributed by atoms with E-state index in [0.717, 1.165) is 33.6 Å². The summed E-state index contributed by atoms with van der Waals surface area (Å²) in [4.78, 5) is 10.3. The average molecular weight is 893 g/mol. The fourth-order valence-corrected chi connectivity index (χ4v) is 13.8. The molecule has 0 unspecified atom stereocenters. The van der Waals surface area contributed by atoms with Crippen molar-refractivity contribution in [3.8, 4) is 67.3 Å². The fourth-order valence-electron chi connectivity index (χ4n) is 12.7. The number of hydrogen-bond donors (Lipinski definition) is 0. The molecule has 0 saturated heterocycles. The molecule has 3 aliphatic carbocycles. The summed E-state index contributed by atoms with van der Waals surface area (Å²) in [6, 6.07) is 90.1. The molecule has 320 valence electrons. The molecule has 3 aliphatic rings. The molecule has 0 N–H and O–H groups in total. The highest BCUT2D eigenvalue weighted by atomic mass is 32.1. The Balaban J connectivity index is 1.01. The summed E-state index contributed by atoms with van der Waals surface area (Å²) in [5.74, 6) is 0.710. The zero-order valence-electron chi connectivity index (χ0n) is 37.4. The number of nitrogens with zero attached hydrogens (tertiary/aromatic N) is 2. The van der Waals surface area contributed by atoms with E-state index < -0.39 is 10.8 Å². The van der Waals surface area contributed by atoms with Crippen molar-refractivity contribution < 1.29 is 0 Å². The van der Waals surface area contributed by atoms with Crippen molar-refractivity contribution in [3.63, 3.8) is 0 Å². The monoisotopic (exact) mass is 892 g/mol. The number of fused-ring (bicyclic) bond motifs is 20. The van der Waals surface area contributed by atoms with Crippen molar-refractivity contribution in [2.45, 2.75) is 10.8 Å². The molecule has 10 aromatic carbocycles. The van der Waals surface area contributed by atoms with Crippen LogP contribution in [0.2, 0.25) is 0 Å². The lowest BCUT2D eigenvalue weighted by molar-refractivity contribution is 0.636. The van der Waals surface area contributed by atoms with Gasteiger partial charge in [-0.1, -0.05) is 212 Å². The number of benzene rings is 10. The molecule has 2 aromatic heterocycles. The SMILES string of the molecule is c1ccc(-c2cc(-c3cccc(-c4ccc5c(c4)C4(c6ccccc6C6(c7ccccc7-c7ccccc76)c6ccccc64)c4c-5ccc5sc6ccccc6c45)c3)nc(-c3ccccc3)n2)cc1. The van der Waals surface area contributed by atoms with Crippen molar-refractivity contribution in [2.75, 3.05) is 0 Å². The van der Waals surface area contributed by atoms with Crippen LogP contribution in [0.25, 0.3) is 87.5 Å². The van der Waals surface area contributed by atoms with Crippen LogP contribution >= 0.6 is 11.3 Å². The second kappa shape index (κ2) is 14.5. The molecular formula is C66H40N2S. The molecule has 3 heteroatoms. The van der Waals surface area contributed by atoms with Crippen LogP contribution in [0.1, 0.15) is 44.5 Å². The van der Waals surface area contributed by atoms with Crippen LogP contribution in [0.3, 0.4) is 0 Å². The van der Waals surface area contributed by atoms with E-state index in [2.05, 4.69) is 218 Å². The van der Waals surface area contributed by atoms with E-state index in [9.17, 15) is 0 Å². The molecule has 0 saturated carbocycles. The van der Waals surface area contributed by atoms with Crippen molar-refractivity contribution in [2.24, 2.45) is 0 Å². The van der Waals surface area contributed by atoms with Gasteiger partial charge in [0.1, 0.15) is 0 Å². The molecule has 2 spiro atoms. The Morgan fingerprint density at radius 3 is 1.46 bits per heavy atom. The van der Waals surface area contributed by atoms with Crippen molar-refractivity contribution in [1.82, 2.24) is 9.97 Å². The predicted molar refractivity (Wildman–Crippen MR) is 285 cm³/mol. The third-order valence-electron chi connectivity index (χ3n) is 15.4. The molecule has 0 bridgehead atoms. The van der Waals surface area contributed by atoms with Gasteiger partial charge < -0.3 is 0 Å². The largest absolute Gasteiger partial charge is 0.228 e. The Labute approximate surface area is 404 Å². The molecule has 0 aliphatic heterocycles. The summed E-state index contributed by atoms with van der Waals surface area (Å²) >= 11 is 1.90. The normalized spacial score (nSPS) is 14.0. The minimum Gasteiger partial charge on any atom is -0.228 e. The van der Waals surface area contributed by atoms with Gasteiger partial charge in [0.15, 0.2) is 5.82 Å². The van der Waals surface area contributed by atoms with E-state index in [1.54, 1.807) is 0 Å². The molecule has 0 fully saturated rings. The molecule has 2 heterocycles. The van der Waals surface area contributed by atoms with E-state index >= 15 is 0 Å². The van der Waals surface area contributed by atoms with Gasteiger partial charge in [0.05, 0.1) is 22.2 Å². The lowest BCUT2D eigenvalue weighted by atomic mass is 9.52. The minimum absolute atomic E-state index is 0.514. The van der Waals surface area contributed by atoms with E-state index in [1.807, 2.05) is 35.6 Å². The lowest BCUT2D eigenvalue weighted by Gasteiger charge is -2.49. The third-order valence-corrected chi connectivity index (χ3v) is 16.5. The lowest BCUT2D eigenvalue weighted by Crippen LogP contribution is -2.43. The topological polar surface area (TPSA) is 25.8 Å². The highest BCUT2D eigenvalue weighted by Crippen LogP contribution is 2.68. The van der Waals surface area contributed by atoms with Gasteiger partial charge in [-0.05, 0) is 108 Å². The van der Waals surface area contributed by atoms with Gasteiger partial charge in [-0.3, -0.25) is 0 Å². The van der Waals surface area contributed by atoms with Gasteiger partial charge in [0.2, 0.25) is 0 Å². The van der Waals surface area contributed by atoms with Crippen LogP contribution in [-0.2, 0) is 10.8 Å². The Kier molecular flexibility index (Phi) is 8.11. The maximum absolute atomic E-state index is 5.24. The molecule has 12 aromatic rings. The van der Waals surface area contributed by atoms with Crippen molar-refractivity contribution in [1.29, 1.82) is 0 Å². The summed E-state index contributed by atoms with van der Waals surface area (Å²) < 4.78 is 2.63. The first-order chi connectivity index (χ1) is 34.2. The number of hydrogen-bond acceptors (Lipinski definition) is 3. The highest BCUT2D eigenvalue weighted by molar-refractivity contribution is 7.25. The molecule has 2 nitrogen and oxygen atoms in total. The molecule has 15 rings (SSSR count). The summed E-state index contributed by atoms with van der Waals surface area (Å²) in [5, 5.41) is 2.67. The summed E-state index contributed by atoms with van der Waals surface area (Å²) in [6.07, 6.45) is 0. The van der Waals surface area contributed by atoms with Crippen LogP contribution < -0.4 is 0 Å². The zero-order valence-corrected chi connectivity index (χ0v) is 38.2. The van der Waals surface area contributed by atoms with E-state index in [1.165, 1.54) is 92.5 Å². The van der Waals surface area contributed by atoms with Crippen LogP contribution in [0, 0.1) is 0 Å². The second-order valence-electron chi connectivity index (χ2n) is 18.7. The van der Waals surface area contributed by atoms with Gasteiger partial charge in [-0.15, -0.1) is 11.3 Å². The van der Waals surface area contributed by atoms with Gasteiger partial charge in [0, 0.05) is 36.9 Å². The number of rotatable bonds is 4. The Hall–Kier alpha value is -8.50. The first kappa shape index (κ1) is 38.6. The Morgan fingerprint density at radius 1 is 0.290 bits per heavy atom. The Morgan fingerprint density at radius 2 is 0.783 bits per heavy atom. The third kappa shape index (κ3) is 5.20. The summed E-state index contributed by atoms with van der Waals surface area (Å²) in [6.45, 7) is 0. The van der Waals surface area contributed by atoms with Crippen molar-refractivity contribution in [3.05, 3.63) is 287 Å². The second-order valence-corrected chi connectivity index (χ2v) is 19.8. The molecule has 0 atom stereocenters. The maximum atomic E-state index is 5.24. The zero-order chi connectivity index (χ0) is 45.3. The van der Waals surface area contributed by atoms with Crippen LogP contribution in [0.4, 0.5) is 0 Å². The van der Waals surface area contributed by atoms with Crippen molar-refractivity contribution >= 4 is 31.5 Å². The van der Waals surface area contributed by atoms with Gasteiger partial charge in [-0.25, -0.2) is 9.97 Å². The standard InChI is InChI=1S/C66H40N2S/c1-3-18-41(19-4-1)58-40-59(68-64(67-58)42-20-5-2-6-21-42)45-23-17-22-43(38-45)44-34-35-48-49-36-37-61-62(50-26-9-16-33-60(50)69-61)63(49)66(57(48)39-44)55-31-14-12-29-53(55)65(54-30-13-15-32-56(54)66)51-27-10-7-24-46(51)47-25-8-11-28-52(47)65/h1-40H. The predicted octanol–water partition coefficient (Wildman–Crippen LogP) is 16.6. The van der Waals surface area contributed by atoms with Crippen LogP contribution in [-0.4, -0.2) is 9.97 Å². The van der Waals surface area contributed by atoms with Gasteiger partial charge >= 0.3 is 0 Å². The van der Waals surface area contributed by atoms with Gasteiger partial charge in [-0.2, -0.15) is 0 Å². The molecule has 69 heavy (non-hydrogen) atoms. The van der Waals surface area contributed by atoms with E-state index in [4.69, 9.17) is 9.97 Å². The summed E-state index contributed by atoms with van der Waals surface area (Å²) in [5.41, 5.74) is 22.0. The first-order valence-electron chi connectivity index (χ1n) is 23.8. The number of aromatic nitrogens is 2. The van der Waals surface area contributed by atoms with E-state index in [0.29, 0.717) is 5.82 Å². The molecular weight excluding hydrogens is 853 g/mol. The first-order valence-corrected chi connectivity index (χ1v) is 24.6. The minimum atomic E-state index is -0.644. The van der Waals surface area contributed by atoms with E-state index in [-0.39, 0.29) is 0 Å². The smallest absolute Gasteiger partial charge is 0.160 e. The molecule has 0 amide bonds. The molecule has 0 radical (unpaired) electrons. The fraction of sp³-hybridized carbons (Fsp3) is 0.0303. The quantitative estimate of drug-likeness (QED) is 0.176. The highest BCUT2D eigenvalue weighted by Gasteiger charge is 2.59. The average Bonchev–Trinajstić information content (AvgIpc) is 4.06. The van der Waals surface area contributed by atoms with Crippen LogP contribution in [0.5, 0.6) is 0 Å². The van der Waals surface area contributed by atoms with Crippen LogP contribution in [0.15, 0.2) is 243 Å². The number of thiophene rings is 1. The van der Waals surface area contributed by atoms with Gasteiger partial charge in [0.25, 0.3) is 0 Å². The summed E-state index contributed by atoms with van der Waals surface area (Å²) in [7, 11) is 0. The Bertz CT molecular complexity index is 3940. The maximum Gasteiger partial charge on any atom is 0.160 e.